The lowest BCUT2D eigenvalue weighted by Crippen LogP contribution is -2.55. The normalized spacial score (nSPS) is 20.4. The monoisotopic (exact) mass is 166 g/mol. The highest BCUT2D eigenvalue weighted by Gasteiger charge is 2.19. The molecule has 1 aromatic rings. The molecule has 3 N–H and O–H groups in total. The predicted octanol–water partition coefficient (Wildman–Crippen LogP) is 0.0321. The Morgan fingerprint density at radius 2 is 2.50 bits per heavy atom. The maximum atomic E-state index is 4.19. The molecule has 12 heavy (non-hydrogen) atoms. The van der Waals surface area contributed by atoms with Crippen molar-refractivity contribution in [2.75, 3.05) is 13.1 Å². The van der Waals surface area contributed by atoms with Crippen LogP contribution < -0.4 is 10.6 Å². The number of hydrogen-bond donors (Lipinski definition) is 3. The summed E-state index contributed by atoms with van der Waals surface area (Å²) in [6.45, 7) is 4.27. The Hall–Kier alpha value is -0.870. The first-order chi connectivity index (χ1) is 5.86. The standard InChI is InChI=1S/C8H14N4/c1-6(8-10-2-3-11-8)12-7-4-9-5-7/h2-3,6-7,9,12H,4-5H2,1H3,(H,10,11). The van der Waals surface area contributed by atoms with Gasteiger partial charge in [-0.3, -0.25) is 0 Å². The molecule has 2 heterocycles. The molecule has 0 bridgehead atoms. The highest BCUT2D eigenvalue weighted by molar-refractivity contribution is 4.96. The fourth-order valence-electron chi connectivity index (χ4n) is 1.35. The molecule has 1 atom stereocenters. The average Bonchev–Trinajstić information content (AvgIpc) is 2.47. The Morgan fingerprint density at radius 3 is 3.00 bits per heavy atom. The number of aromatic amines is 1. The number of rotatable bonds is 3. The molecule has 0 aliphatic carbocycles. The first kappa shape index (κ1) is 7.76. The van der Waals surface area contributed by atoms with Crippen molar-refractivity contribution < 1.29 is 0 Å². The molecule has 1 saturated heterocycles. The minimum absolute atomic E-state index is 0.326. The van der Waals surface area contributed by atoms with Gasteiger partial charge >= 0.3 is 0 Å². The number of nitrogens with one attached hydrogen (secondary N) is 3. The van der Waals surface area contributed by atoms with Gasteiger partial charge in [-0.2, -0.15) is 0 Å². The molecule has 4 nitrogen and oxygen atoms in total. The minimum Gasteiger partial charge on any atom is -0.347 e. The van der Waals surface area contributed by atoms with Gasteiger partial charge in [-0.25, -0.2) is 4.98 Å². The first-order valence-corrected chi connectivity index (χ1v) is 4.32. The van der Waals surface area contributed by atoms with Crippen molar-refractivity contribution in [1.82, 2.24) is 20.6 Å². The third-order valence-corrected chi connectivity index (χ3v) is 2.20. The number of aromatic nitrogens is 2. The summed E-state index contributed by atoms with van der Waals surface area (Å²) in [6.07, 6.45) is 3.64. The summed E-state index contributed by atoms with van der Waals surface area (Å²) in [4.78, 5) is 7.29. The number of nitrogens with zero attached hydrogens (tertiary/aromatic N) is 1. The van der Waals surface area contributed by atoms with Crippen LogP contribution >= 0.6 is 0 Å². The second-order valence-corrected chi connectivity index (χ2v) is 3.22. The topological polar surface area (TPSA) is 52.7 Å². The summed E-state index contributed by atoms with van der Waals surface area (Å²) in [5, 5.41) is 6.68. The second-order valence-electron chi connectivity index (χ2n) is 3.22. The van der Waals surface area contributed by atoms with Gasteiger partial charge in [0.1, 0.15) is 5.82 Å². The Bertz CT molecular complexity index is 227. The van der Waals surface area contributed by atoms with E-state index in [1.165, 1.54) is 0 Å². The number of imidazole rings is 1. The third-order valence-electron chi connectivity index (χ3n) is 2.20. The maximum Gasteiger partial charge on any atom is 0.122 e. The largest absolute Gasteiger partial charge is 0.347 e. The molecule has 66 valence electrons. The zero-order valence-electron chi connectivity index (χ0n) is 7.17. The molecule has 1 aliphatic rings. The van der Waals surface area contributed by atoms with Crippen molar-refractivity contribution in [3.8, 4) is 0 Å². The Kier molecular flexibility index (Phi) is 2.10. The summed E-state index contributed by atoms with van der Waals surface area (Å²) in [5.74, 6) is 1.02. The van der Waals surface area contributed by atoms with Crippen molar-refractivity contribution in [2.24, 2.45) is 0 Å². The molecule has 4 heteroatoms. The van der Waals surface area contributed by atoms with E-state index in [2.05, 4.69) is 27.5 Å². The lowest BCUT2D eigenvalue weighted by atomic mass is 10.1. The summed E-state index contributed by atoms with van der Waals surface area (Å²) in [6, 6.07) is 0.942. The summed E-state index contributed by atoms with van der Waals surface area (Å²) < 4.78 is 0. The van der Waals surface area contributed by atoms with E-state index < -0.39 is 0 Å². The Labute approximate surface area is 71.8 Å². The van der Waals surface area contributed by atoms with Crippen LogP contribution in [0.3, 0.4) is 0 Å². The quantitative estimate of drug-likeness (QED) is 0.594. The SMILES string of the molecule is CC(NC1CNC1)c1ncc[nH]1. The maximum absolute atomic E-state index is 4.19. The molecule has 1 unspecified atom stereocenters. The molecular formula is C8H14N4. The Balaban J connectivity index is 1.87. The summed E-state index contributed by atoms with van der Waals surface area (Å²) >= 11 is 0. The van der Waals surface area contributed by atoms with E-state index in [-0.39, 0.29) is 0 Å². The minimum atomic E-state index is 0.326. The van der Waals surface area contributed by atoms with E-state index in [0.717, 1.165) is 18.9 Å². The molecule has 1 aromatic heterocycles. The van der Waals surface area contributed by atoms with Crippen LogP contribution in [-0.4, -0.2) is 29.1 Å². The first-order valence-electron chi connectivity index (χ1n) is 4.32. The zero-order chi connectivity index (χ0) is 8.39. The van der Waals surface area contributed by atoms with Gasteiger partial charge in [0.05, 0.1) is 6.04 Å². The van der Waals surface area contributed by atoms with Crippen molar-refractivity contribution in [3.05, 3.63) is 18.2 Å². The number of hydrogen-bond acceptors (Lipinski definition) is 3. The molecule has 2 rings (SSSR count). The van der Waals surface area contributed by atoms with Crippen LogP contribution in [-0.2, 0) is 0 Å². The van der Waals surface area contributed by atoms with Crippen molar-refractivity contribution >= 4 is 0 Å². The Morgan fingerprint density at radius 1 is 1.67 bits per heavy atom. The van der Waals surface area contributed by atoms with Crippen molar-refractivity contribution in [1.29, 1.82) is 0 Å². The molecule has 0 aromatic carbocycles. The number of H-pyrrole nitrogens is 1. The van der Waals surface area contributed by atoms with Crippen LogP contribution in [0.1, 0.15) is 18.8 Å². The fraction of sp³-hybridized carbons (Fsp3) is 0.625. The third kappa shape index (κ3) is 1.49. The van der Waals surface area contributed by atoms with Crippen molar-refractivity contribution in [3.63, 3.8) is 0 Å². The predicted molar refractivity (Wildman–Crippen MR) is 46.8 cm³/mol. The van der Waals surface area contributed by atoms with Gasteiger partial charge in [0.2, 0.25) is 0 Å². The average molecular weight is 166 g/mol. The highest BCUT2D eigenvalue weighted by Crippen LogP contribution is 2.07. The van der Waals surface area contributed by atoms with Gasteiger partial charge in [-0.05, 0) is 6.92 Å². The van der Waals surface area contributed by atoms with Crippen LogP contribution in [0.4, 0.5) is 0 Å². The van der Waals surface area contributed by atoms with Gasteiger partial charge in [0.15, 0.2) is 0 Å². The molecule has 0 spiro atoms. The van der Waals surface area contributed by atoms with Crippen molar-refractivity contribution in [2.45, 2.75) is 19.0 Å². The van der Waals surface area contributed by atoms with E-state index >= 15 is 0 Å². The molecule has 0 radical (unpaired) electrons. The summed E-state index contributed by atoms with van der Waals surface area (Å²) in [5.41, 5.74) is 0. The molecular weight excluding hydrogens is 152 g/mol. The zero-order valence-corrected chi connectivity index (χ0v) is 7.17. The van der Waals surface area contributed by atoms with Gasteiger partial charge < -0.3 is 15.6 Å². The lowest BCUT2D eigenvalue weighted by Gasteiger charge is -2.30. The van der Waals surface area contributed by atoms with Crippen LogP contribution in [0.15, 0.2) is 12.4 Å². The van der Waals surface area contributed by atoms with Gasteiger partial charge in [0, 0.05) is 31.5 Å². The van der Waals surface area contributed by atoms with Crippen LogP contribution in [0.25, 0.3) is 0 Å². The van der Waals surface area contributed by atoms with E-state index in [0.29, 0.717) is 12.1 Å². The van der Waals surface area contributed by atoms with E-state index in [1.807, 2.05) is 6.20 Å². The molecule has 1 fully saturated rings. The van der Waals surface area contributed by atoms with Crippen LogP contribution in [0.5, 0.6) is 0 Å². The lowest BCUT2D eigenvalue weighted by molar-refractivity contribution is 0.333. The molecule has 1 aliphatic heterocycles. The van der Waals surface area contributed by atoms with Gasteiger partial charge in [0.25, 0.3) is 0 Å². The van der Waals surface area contributed by atoms with E-state index in [1.54, 1.807) is 6.20 Å². The second kappa shape index (κ2) is 3.25. The molecule has 0 amide bonds. The highest BCUT2D eigenvalue weighted by atomic mass is 15.1. The van der Waals surface area contributed by atoms with Gasteiger partial charge in [-0.1, -0.05) is 0 Å². The summed E-state index contributed by atoms with van der Waals surface area (Å²) in [7, 11) is 0. The fourth-order valence-corrected chi connectivity index (χ4v) is 1.35. The molecule has 0 saturated carbocycles. The van der Waals surface area contributed by atoms with Crippen LogP contribution in [0.2, 0.25) is 0 Å². The van der Waals surface area contributed by atoms with Gasteiger partial charge in [-0.15, -0.1) is 0 Å². The smallest absolute Gasteiger partial charge is 0.122 e. The van der Waals surface area contributed by atoms with E-state index in [4.69, 9.17) is 0 Å². The van der Waals surface area contributed by atoms with E-state index in [9.17, 15) is 0 Å². The van der Waals surface area contributed by atoms with Crippen LogP contribution in [0, 0.1) is 0 Å².